The Balaban J connectivity index is 2.18. The first-order valence-electron chi connectivity index (χ1n) is 12.5. The molecule has 38 heavy (non-hydrogen) atoms. The zero-order chi connectivity index (χ0) is 28.5. The number of methoxy groups -OCH3 is 1. The van der Waals surface area contributed by atoms with Crippen molar-refractivity contribution in [3.8, 4) is 0 Å². The standard InChI is InChI=1S/C27H37FN2O7S/c1-16(31)17-9-10-21(28)20(11-17)27-15-35-19(13-34-8)12-18(27)14-38-22(29-27)30(23(32)36-25(2,3)4)24(33)37-26(5,6)7/h9-11,18-19H,12-15H2,1-8H3/t18-,19+,27-/m0/s1. The molecule has 1 saturated heterocycles. The Hall–Kier alpha value is -2.50. The highest BCUT2D eigenvalue weighted by molar-refractivity contribution is 8.13. The van der Waals surface area contributed by atoms with E-state index >= 15 is 4.39 Å². The summed E-state index contributed by atoms with van der Waals surface area (Å²) in [7, 11) is 1.58. The number of fused-ring (bicyclic) bond motifs is 1. The number of aliphatic imine (C=N–C) groups is 1. The molecule has 0 unspecified atom stereocenters. The molecule has 3 atom stereocenters. The number of ketones is 1. The van der Waals surface area contributed by atoms with Crippen LogP contribution >= 0.6 is 11.8 Å². The molecule has 11 heteroatoms. The first-order valence-corrected chi connectivity index (χ1v) is 13.4. The van der Waals surface area contributed by atoms with Crippen molar-refractivity contribution in [3.63, 3.8) is 0 Å². The van der Waals surface area contributed by atoms with Gasteiger partial charge in [0.15, 0.2) is 11.0 Å². The normalized spacial score (nSPS) is 23.7. The number of imide groups is 1. The molecule has 0 aromatic heterocycles. The molecule has 0 bridgehead atoms. The number of benzene rings is 1. The third-order valence-electron chi connectivity index (χ3n) is 6.01. The van der Waals surface area contributed by atoms with Gasteiger partial charge in [-0.3, -0.25) is 4.79 Å². The second-order valence-electron chi connectivity index (χ2n) is 11.5. The van der Waals surface area contributed by atoms with Gasteiger partial charge in [0.2, 0.25) is 0 Å². The molecule has 2 aliphatic rings. The first kappa shape index (κ1) is 30.0. The summed E-state index contributed by atoms with van der Waals surface area (Å²) >= 11 is 1.18. The average Bonchev–Trinajstić information content (AvgIpc) is 2.77. The number of amidine groups is 1. The van der Waals surface area contributed by atoms with Crippen molar-refractivity contribution < 1.29 is 37.7 Å². The second-order valence-corrected chi connectivity index (χ2v) is 12.5. The van der Waals surface area contributed by atoms with Gasteiger partial charge in [0, 0.05) is 29.9 Å². The fourth-order valence-corrected chi connectivity index (χ4v) is 5.61. The van der Waals surface area contributed by atoms with Crippen LogP contribution in [0.4, 0.5) is 14.0 Å². The van der Waals surface area contributed by atoms with E-state index in [-0.39, 0.29) is 35.1 Å². The maximum atomic E-state index is 15.5. The van der Waals surface area contributed by atoms with Crippen LogP contribution in [-0.2, 0) is 24.5 Å². The molecule has 0 saturated carbocycles. The minimum Gasteiger partial charge on any atom is -0.443 e. The van der Waals surface area contributed by atoms with E-state index < -0.39 is 34.7 Å². The van der Waals surface area contributed by atoms with Crippen molar-refractivity contribution in [3.05, 3.63) is 35.1 Å². The van der Waals surface area contributed by atoms with Gasteiger partial charge in [-0.1, -0.05) is 11.8 Å². The number of carbonyl (C=O) groups excluding carboxylic acids is 3. The lowest BCUT2D eigenvalue weighted by molar-refractivity contribution is -0.0840. The largest absolute Gasteiger partial charge is 0.443 e. The van der Waals surface area contributed by atoms with Gasteiger partial charge in [-0.05, 0) is 73.1 Å². The Kier molecular flexibility index (Phi) is 8.95. The first-order chi connectivity index (χ1) is 17.6. The smallest absolute Gasteiger partial charge is 0.426 e. The number of hydrogen-bond acceptors (Lipinski definition) is 9. The summed E-state index contributed by atoms with van der Waals surface area (Å²) in [6.45, 7) is 11.8. The number of hydrogen-bond donors (Lipinski definition) is 0. The van der Waals surface area contributed by atoms with Gasteiger partial charge >= 0.3 is 12.2 Å². The van der Waals surface area contributed by atoms with Crippen LogP contribution in [0.15, 0.2) is 23.2 Å². The Morgan fingerprint density at radius 3 is 2.26 bits per heavy atom. The van der Waals surface area contributed by atoms with Gasteiger partial charge in [0.1, 0.15) is 22.6 Å². The van der Waals surface area contributed by atoms with Crippen LogP contribution < -0.4 is 0 Å². The number of ether oxygens (including phenoxy) is 4. The number of amides is 2. The quantitative estimate of drug-likeness (QED) is 0.448. The van der Waals surface area contributed by atoms with Crippen molar-refractivity contribution in [2.75, 3.05) is 26.1 Å². The summed E-state index contributed by atoms with van der Waals surface area (Å²) in [6.07, 6.45) is -1.65. The summed E-state index contributed by atoms with van der Waals surface area (Å²) in [5, 5.41) is 0.00571. The van der Waals surface area contributed by atoms with Crippen LogP contribution in [0.2, 0.25) is 0 Å². The van der Waals surface area contributed by atoms with Crippen LogP contribution in [-0.4, -0.2) is 71.4 Å². The van der Waals surface area contributed by atoms with Gasteiger partial charge in [0.05, 0.1) is 19.3 Å². The fraction of sp³-hybridized carbons (Fsp3) is 0.630. The van der Waals surface area contributed by atoms with Gasteiger partial charge in [0.25, 0.3) is 0 Å². The van der Waals surface area contributed by atoms with E-state index in [4.69, 9.17) is 23.9 Å². The van der Waals surface area contributed by atoms with E-state index in [0.717, 1.165) is 4.90 Å². The lowest BCUT2D eigenvalue weighted by atomic mass is 9.74. The summed E-state index contributed by atoms with van der Waals surface area (Å²) in [4.78, 5) is 44.3. The Labute approximate surface area is 227 Å². The molecule has 0 spiro atoms. The van der Waals surface area contributed by atoms with Gasteiger partial charge in [-0.25, -0.2) is 19.0 Å². The highest BCUT2D eigenvalue weighted by Gasteiger charge is 2.51. The highest BCUT2D eigenvalue weighted by atomic mass is 32.2. The molecule has 210 valence electrons. The number of halogens is 1. The maximum absolute atomic E-state index is 15.5. The van der Waals surface area contributed by atoms with Crippen LogP contribution in [0.25, 0.3) is 0 Å². The molecule has 1 aromatic carbocycles. The molecular formula is C27H37FN2O7S. The monoisotopic (exact) mass is 552 g/mol. The Morgan fingerprint density at radius 2 is 1.74 bits per heavy atom. The zero-order valence-corrected chi connectivity index (χ0v) is 24.1. The third kappa shape index (κ3) is 6.92. The van der Waals surface area contributed by atoms with Crippen LogP contribution in [0.1, 0.15) is 70.8 Å². The summed E-state index contributed by atoms with van der Waals surface area (Å²) in [5.41, 5.74) is -2.62. The number of thioether (sulfide) groups is 1. The molecule has 2 aliphatic heterocycles. The second kappa shape index (κ2) is 11.3. The lowest BCUT2D eigenvalue weighted by Crippen LogP contribution is -2.54. The van der Waals surface area contributed by atoms with E-state index in [1.807, 2.05) is 0 Å². The number of rotatable bonds is 4. The maximum Gasteiger partial charge on any atom is 0.426 e. The van der Waals surface area contributed by atoms with E-state index in [0.29, 0.717) is 24.3 Å². The molecule has 0 N–H and O–H groups in total. The van der Waals surface area contributed by atoms with Crippen LogP contribution in [0.3, 0.4) is 0 Å². The van der Waals surface area contributed by atoms with Crippen molar-refractivity contribution in [1.29, 1.82) is 0 Å². The number of nitrogens with zero attached hydrogens (tertiary/aromatic N) is 2. The van der Waals surface area contributed by atoms with Crippen molar-refractivity contribution >= 4 is 34.9 Å². The van der Waals surface area contributed by atoms with Crippen molar-refractivity contribution in [2.45, 2.75) is 77.7 Å². The summed E-state index contributed by atoms with van der Waals surface area (Å²) in [5.74, 6) is -0.633. The number of Topliss-reactive ketones (excluding diaryl/α,β-unsaturated/α-hetero) is 1. The molecule has 0 radical (unpaired) electrons. The van der Waals surface area contributed by atoms with Crippen molar-refractivity contribution in [2.24, 2.45) is 10.9 Å². The fourth-order valence-electron chi connectivity index (χ4n) is 4.35. The van der Waals surface area contributed by atoms with E-state index in [2.05, 4.69) is 0 Å². The molecule has 1 fully saturated rings. The predicted molar refractivity (Wildman–Crippen MR) is 142 cm³/mol. The Morgan fingerprint density at radius 1 is 1.13 bits per heavy atom. The summed E-state index contributed by atoms with van der Waals surface area (Å²) < 4.78 is 37.8. The van der Waals surface area contributed by atoms with Gasteiger partial charge in [-0.15, -0.1) is 0 Å². The third-order valence-corrected chi connectivity index (χ3v) is 7.11. The Bertz CT molecular complexity index is 1080. The van der Waals surface area contributed by atoms with Gasteiger partial charge < -0.3 is 18.9 Å². The SMILES string of the molecule is COC[C@H]1C[C@H]2CSC(N(C(=O)OC(C)(C)C)C(=O)OC(C)(C)C)=N[C@@]2(c2cc(C(C)=O)ccc2F)CO1. The molecule has 1 aromatic rings. The molecule has 0 aliphatic carbocycles. The number of carbonyl (C=O) groups is 3. The molecule has 9 nitrogen and oxygen atoms in total. The topological polar surface area (TPSA) is 104 Å². The predicted octanol–water partition coefficient (Wildman–Crippen LogP) is 5.55. The average molecular weight is 553 g/mol. The van der Waals surface area contributed by atoms with Crippen LogP contribution in [0.5, 0.6) is 0 Å². The van der Waals surface area contributed by atoms with E-state index in [9.17, 15) is 14.4 Å². The van der Waals surface area contributed by atoms with Gasteiger partial charge in [-0.2, -0.15) is 4.90 Å². The summed E-state index contributed by atoms with van der Waals surface area (Å²) in [6, 6.07) is 4.13. The molecule has 2 amide bonds. The minimum atomic E-state index is -1.30. The molecule has 3 rings (SSSR count). The highest BCUT2D eigenvalue weighted by Crippen LogP contribution is 2.48. The lowest BCUT2D eigenvalue weighted by Gasteiger charge is -2.47. The van der Waals surface area contributed by atoms with E-state index in [1.165, 1.54) is 36.9 Å². The van der Waals surface area contributed by atoms with Crippen LogP contribution in [0, 0.1) is 11.7 Å². The van der Waals surface area contributed by atoms with Crippen molar-refractivity contribution in [1.82, 2.24) is 4.90 Å². The zero-order valence-electron chi connectivity index (χ0n) is 23.3. The van der Waals surface area contributed by atoms with E-state index in [1.54, 1.807) is 48.7 Å². The molecular weight excluding hydrogens is 515 g/mol. The minimum absolute atomic E-state index is 0.00571. The molecule has 2 heterocycles.